The molecule has 1 atom stereocenters. The summed E-state index contributed by atoms with van der Waals surface area (Å²) in [4.78, 5) is 16.5. The Morgan fingerprint density at radius 2 is 2.11 bits per heavy atom. The van der Waals surface area contributed by atoms with Crippen LogP contribution in [-0.4, -0.2) is 38.6 Å². The van der Waals surface area contributed by atoms with Crippen molar-refractivity contribution in [2.75, 3.05) is 36.5 Å². The molecule has 0 aromatic heterocycles. The van der Waals surface area contributed by atoms with E-state index in [1.807, 2.05) is 11.9 Å². The van der Waals surface area contributed by atoms with E-state index in [0.717, 1.165) is 25.3 Å². The third-order valence-corrected chi connectivity index (χ3v) is 4.18. The Balaban J connectivity index is 2.18. The Labute approximate surface area is 108 Å². The molecule has 4 nitrogen and oxygen atoms in total. The fourth-order valence-electron chi connectivity index (χ4n) is 2.99. The van der Waals surface area contributed by atoms with Gasteiger partial charge in [0.25, 0.3) is 5.91 Å². The van der Waals surface area contributed by atoms with Crippen molar-refractivity contribution < 1.29 is 4.79 Å². The number of hydrogen-bond donors (Lipinski definition) is 1. The number of benzene rings is 1. The zero-order valence-electron chi connectivity index (χ0n) is 11.2. The van der Waals surface area contributed by atoms with Crippen LogP contribution in [0.25, 0.3) is 0 Å². The smallest absolute Gasteiger partial charge is 0.250 e. The van der Waals surface area contributed by atoms with Crippen molar-refractivity contribution in [2.24, 2.45) is 0 Å². The highest BCUT2D eigenvalue weighted by molar-refractivity contribution is 6.06. The summed E-state index contributed by atoms with van der Waals surface area (Å²) in [5.41, 5.74) is 4.73. The fourth-order valence-corrected chi connectivity index (χ4v) is 2.99. The van der Waals surface area contributed by atoms with Crippen molar-refractivity contribution in [2.45, 2.75) is 19.9 Å². The van der Waals surface area contributed by atoms with Crippen molar-refractivity contribution in [3.05, 3.63) is 23.3 Å². The van der Waals surface area contributed by atoms with Crippen LogP contribution in [0.1, 0.15) is 11.1 Å². The molecule has 2 heterocycles. The molecule has 0 spiro atoms. The lowest BCUT2D eigenvalue weighted by molar-refractivity contribution is -0.120. The van der Waals surface area contributed by atoms with Gasteiger partial charge in [0.15, 0.2) is 0 Å². The van der Waals surface area contributed by atoms with Gasteiger partial charge in [0.05, 0.1) is 11.4 Å². The predicted octanol–water partition coefficient (Wildman–Crippen LogP) is 1.06. The molecule has 1 unspecified atom stereocenters. The second kappa shape index (κ2) is 3.99. The number of anilines is 2. The van der Waals surface area contributed by atoms with Crippen molar-refractivity contribution in [1.82, 2.24) is 5.32 Å². The molecule has 1 aromatic rings. The third kappa shape index (κ3) is 1.45. The summed E-state index contributed by atoms with van der Waals surface area (Å²) in [5.74, 6) is 0.198. The molecule has 96 valence electrons. The minimum absolute atomic E-state index is 0.0432. The van der Waals surface area contributed by atoms with Gasteiger partial charge in [0, 0.05) is 26.7 Å². The molecular weight excluding hydrogens is 226 g/mol. The van der Waals surface area contributed by atoms with Crippen LogP contribution in [0, 0.1) is 13.8 Å². The molecule has 2 aliphatic rings. The highest BCUT2D eigenvalue weighted by Gasteiger charge is 2.38. The SMILES string of the molecule is Cc1ccc2c(c1C)N(C)C(=O)C1CNCCN21. The largest absolute Gasteiger partial charge is 0.355 e. The Morgan fingerprint density at radius 3 is 2.89 bits per heavy atom. The van der Waals surface area contributed by atoms with Crippen LogP contribution in [0.15, 0.2) is 12.1 Å². The van der Waals surface area contributed by atoms with E-state index < -0.39 is 0 Å². The molecule has 0 aliphatic carbocycles. The average Bonchev–Trinajstić information content (AvgIpc) is 2.39. The third-order valence-electron chi connectivity index (χ3n) is 4.18. The van der Waals surface area contributed by atoms with Gasteiger partial charge < -0.3 is 15.1 Å². The lowest BCUT2D eigenvalue weighted by Crippen LogP contribution is -2.61. The number of carbonyl (C=O) groups excluding carboxylic acids is 1. The number of nitrogens with zero attached hydrogens (tertiary/aromatic N) is 2. The summed E-state index contributed by atoms with van der Waals surface area (Å²) in [5, 5.41) is 3.30. The van der Waals surface area contributed by atoms with Gasteiger partial charge in [0.2, 0.25) is 0 Å². The van der Waals surface area contributed by atoms with E-state index in [2.05, 4.69) is 36.2 Å². The Morgan fingerprint density at radius 1 is 1.33 bits per heavy atom. The van der Waals surface area contributed by atoms with E-state index in [4.69, 9.17) is 0 Å². The topological polar surface area (TPSA) is 35.6 Å². The normalized spacial score (nSPS) is 22.8. The molecular formula is C14H19N3O. The monoisotopic (exact) mass is 245 g/mol. The number of aryl methyl sites for hydroxylation is 1. The van der Waals surface area contributed by atoms with E-state index in [-0.39, 0.29) is 11.9 Å². The molecule has 1 fully saturated rings. The molecule has 0 radical (unpaired) electrons. The van der Waals surface area contributed by atoms with Crippen LogP contribution < -0.4 is 15.1 Å². The van der Waals surface area contributed by atoms with Crippen molar-refractivity contribution in [3.63, 3.8) is 0 Å². The zero-order chi connectivity index (χ0) is 12.9. The first-order valence-electron chi connectivity index (χ1n) is 6.46. The predicted molar refractivity (Wildman–Crippen MR) is 73.3 cm³/mol. The lowest BCUT2D eigenvalue weighted by atomic mass is 9.98. The van der Waals surface area contributed by atoms with Gasteiger partial charge in [-0.05, 0) is 31.0 Å². The van der Waals surface area contributed by atoms with Crippen LogP contribution >= 0.6 is 0 Å². The maximum Gasteiger partial charge on any atom is 0.250 e. The molecule has 1 amide bonds. The van der Waals surface area contributed by atoms with Crippen molar-refractivity contribution >= 4 is 17.3 Å². The van der Waals surface area contributed by atoms with E-state index in [9.17, 15) is 4.79 Å². The first kappa shape index (κ1) is 11.5. The first-order valence-corrected chi connectivity index (χ1v) is 6.46. The van der Waals surface area contributed by atoms with Gasteiger partial charge in [-0.3, -0.25) is 4.79 Å². The van der Waals surface area contributed by atoms with Crippen LogP contribution in [0.4, 0.5) is 11.4 Å². The van der Waals surface area contributed by atoms with Crippen molar-refractivity contribution in [3.8, 4) is 0 Å². The van der Waals surface area contributed by atoms with Gasteiger partial charge in [-0.1, -0.05) is 6.07 Å². The molecule has 0 bridgehead atoms. The highest BCUT2D eigenvalue weighted by Crippen LogP contribution is 2.39. The second-order valence-corrected chi connectivity index (χ2v) is 5.19. The Bertz CT molecular complexity index is 512. The summed E-state index contributed by atoms with van der Waals surface area (Å²) in [6.07, 6.45) is 0. The maximum atomic E-state index is 12.4. The van der Waals surface area contributed by atoms with Crippen LogP contribution in [0.5, 0.6) is 0 Å². The standard InChI is InChI=1S/C14H19N3O/c1-9-4-5-11-13(10(9)2)16(3)14(18)12-8-15-6-7-17(11)12/h4-5,12,15H,6-8H2,1-3H3. The minimum atomic E-state index is -0.0432. The second-order valence-electron chi connectivity index (χ2n) is 5.19. The highest BCUT2D eigenvalue weighted by atomic mass is 16.2. The molecule has 1 aromatic carbocycles. The number of nitrogens with one attached hydrogen (secondary N) is 1. The summed E-state index contributed by atoms with van der Waals surface area (Å²) < 4.78 is 0. The number of fused-ring (bicyclic) bond motifs is 3. The maximum absolute atomic E-state index is 12.4. The summed E-state index contributed by atoms with van der Waals surface area (Å²) in [7, 11) is 1.89. The molecule has 2 aliphatic heterocycles. The fraction of sp³-hybridized carbons (Fsp3) is 0.500. The molecule has 0 saturated carbocycles. The van der Waals surface area contributed by atoms with Gasteiger partial charge in [-0.2, -0.15) is 0 Å². The number of carbonyl (C=O) groups is 1. The molecule has 1 saturated heterocycles. The molecule has 1 N–H and O–H groups in total. The summed E-state index contributed by atoms with van der Waals surface area (Å²) in [6, 6.07) is 4.26. The van der Waals surface area contributed by atoms with Gasteiger partial charge >= 0.3 is 0 Å². The van der Waals surface area contributed by atoms with Crippen LogP contribution in [0.3, 0.4) is 0 Å². The lowest BCUT2D eigenvalue weighted by Gasteiger charge is -2.45. The molecule has 4 heteroatoms. The summed E-state index contributed by atoms with van der Waals surface area (Å²) in [6.45, 7) is 6.79. The zero-order valence-corrected chi connectivity index (χ0v) is 11.2. The average molecular weight is 245 g/mol. The van der Waals surface area contributed by atoms with Crippen LogP contribution in [0.2, 0.25) is 0 Å². The number of piperazine rings is 1. The van der Waals surface area contributed by atoms with Gasteiger partial charge in [-0.25, -0.2) is 0 Å². The Hall–Kier alpha value is -1.55. The number of amides is 1. The summed E-state index contributed by atoms with van der Waals surface area (Å²) >= 11 is 0. The quantitative estimate of drug-likeness (QED) is 0.742. The first-order chi connectivity index (χ1) is 8.61. The number of hydrogen-bond acceptors (Lipinski definition) is 3. The molecule has 3 rings (SSSR count). The number of rotatable bonds is 0. The number of likely N-dealkylation sites (N-methyl/N-ethyl adjacent to an activating group) is 1. The van der Waals surface area contributed by atoms with E-state index in [1.54, 1.807) is 0 Å². The van der Waals surface area contributed by atoms with Crippen molar-refractivity contribution in [1.29, 1.82) is 0 Å². The van der Waals surface area contributed by atoms with E-state index >= 15 is 0 Å². The van der Waals surface area contributed by atoms with Gasteiger partial charge in [-0.15, -0.1) is 0 Å². The van der Waals surface area contributed by atoms with E-state index in [1.165, 1.54) is 16.8 Å². The van der Waals surface area contributed by atoms with Crippen LogP contribution in [-0.2, 0) is 4.79 Å². The Kier molecular flexibility index (Phi) is 2.55. The van der Waals surface area contributed by atoms with E-state index in [0.29, 0.717) is 0 Å². The van der Waals surface area contributed by atoms with Gasteiger partial charge in [0.1, 0.15) is 6.04 Å². The molecule has 18 heavy (non-hydrogen) atoms. The minimum Gasteiger partial charge on any atom is -0.355 e.